The standard InChI is InChI=1S/C27H22ClN3O6S3/c1-37-22-13-19(11-12-20(22)28)40(35,36)30-27-29-21(15-38-27)16-7-9-18(10-8-16)31-25(34)23(14-24(32)33)39-26(31)17-5-3-2-4-6-17/h2-13,15,23,26H,14H2,1H3,(H,29,30)(H,32,33). The average molecular weight is 616 g/mol. The molecule has 1 fully saturated rings. The number of anilines is 2. The third-order valence-electron chi connectivity index (χ3n) is 6.09. The van der Waals surface area contributed by atoms with Crippen molar-refractivity contribution < 1.29 is 27.9 Å². The van der Waals surface area contributed by atoms with Gasteiger partial charge in [0.25, 0.3) is 10.0 Å². The summed E-state index contributed by atoms with van der Waals surface area (Å²) >= 11 is 8.46. The molecule has 5 rings (SSSR count). The molecule has 40 heavy (non-hydrogen) atoms. The van der Waals surface area contributed by atoms with Gasteiger partial charge in [0, 0.05) is 22.7 Å². The van der Waals surface area contributed by atoms with E-state index in [4.69, 9.17) is 16.3 Å². The molecule has 1 aromatic heterocycles. The van der Waals surface area contributed by atoms with E-state index >= 15 is 0 Å². The van der Waals surface area contributed by atoms with Crippen LogP contribution in [-0.2, 0) is 19.6 Å². The first-order chi connectivity index (χ1) is 19.2. The summed E-state index contributed by atoms with van der Waals surface area (Å²) in [5, 5.41) is 10.4. The van der Waals surface area contributed by atoms with Gasteiger partial charge in [0.2, 0.25) is 5.91 Å². The van der Waals surface area contributed by atoms with Crippen LogP contribution in [0.15, 0.2) is 83.1 Å². The topological polar surface area (TPSA) is 126 Å². The Balaban J connectivity index is 1.37. The van der Waals surface area contributed by atoms with Crippen molar-refractivity contribution in [1.82, 2.24) is 4.98 Å². The first kappa shape index (κ1) is 28.0. The van der Waals surface area contributed by atoms with Gasteiger partial charge in [-0.1, -0.05) is 54.1 Å². The van der Waals surface area contributed by atoms with E-state index in [2.05, 4.69) is 9.71 Å². The van der Waals surface area contributed by atoms with Crippen LogP contribution in [0, 0.1) is 0 Å². The third kappa shape index (κ3) is 5.80. The lowest BCUT2D eigenvalue weighted by Crippen LogP contribution is -2.31. The lowest BCUT2D eigenvalue weighted by molar-refractivity contribution is -0.138. The van der Waals surface area contributed by atoms with Gasteiger partial charge in [-0.25, -0.2) is 13.4 Å². The summed E-state index contributed by atoms with van der Waals surface area (Å²) in [7, 11) is -2.53. The Morgan fingerprint density at radius 2 is 1.85 bits per heavy atom. The van der Waals surface area contributed by atoms with E-state index in [0.717, 1.165) is 22.5 Å². The zero-order valence-corrected chi connectivity index (χ0v) is 24.1. The number of ether oxygens (including phenoxy) is 1. The van der Waals surface area contributed by atoms with Crippen molar-refractivity contribution in [3.05, 3.63) is 88.8 Å². The van der Waals surface area contributed by atoms with Crippen molar-refractivity contribution in [2.75, 3.05) is 16.7 Å². The Hall–Kier alpha value is -3.58. The molecule has 2 atom stereocenters. The van der Waals surface area contributed by atoms with Crippen LogP contribution >= 0.6 is 34.7 Å². The number of halogens is 1. The number of methoxy groups -OCH3 is 1. The number of thioether (sulfide) groups is 1. The van der Waals surface area contributed by atoms with Crippen LogP contribution in [0.5, 0.6) is 5.75 Å². The maximum absolute atomic E-state index is 13.2. The molecule has 0 bridgehead atoms. The summed E-state index contributed by atoms with van der Waals surface area (Å²) in [5.41, 5.74) is 2.79. The van der Waals surface area contributed by atoms with Gasteiger partial charge in [-0.05, 0) is 29.8 Å². The predicted molar refractivity (Wildman–Crippen MR) is 157 cm³/mol. The van der Waals surface area contributed by atoms with Crippen LogP contribution < -0.4 is 14.4 Å². The van der Waals surface area contributed by atoms with E-state index < -0.39 is 21.2 Å². The lowest BCUT2D eigenvalue weighted by atomic mass is 10.1. The Morgan fingerprint density at radius 1 is 1.12 bits per heavy atom. The molecule has 0 radical (unpaired) electrons. The van der Waals surface area contributed by atoms with Crippen LogP contribution in [0.25, 0.3) is 11.3 Å². The largest absolute Gasteiger partial charge is 0.495 e. The summed E-state index contributed by atoms with van der Waals surface area (Å²) in [6.45, 7) is 0. The van der Waals surface area contributed by atoms with Gasteiger partial charge in [0.1, 0.15) is 11.1 Å². The van der Waals surface area contributed by atoms with Crippen LogP contribution in [0.4, 0.5) is 10.8 Å². The molecular formula is C27H22ClN3O6S3. The number of thiazole rings is 1. The number of nitrogens with zero attached hydrogens (tertiary/aromatic N) is 2. The van der Waals surface area contributed by atoms with Crippen LogP contribution in [0.1, 0.15) is 17.4 Å². The minimum atomic E-state index is -3.93. The predicted octanol–water partition coefficient (Wildman–Crippen LogP) is 5.89. The molecule has 2 heterocycles. The zero-order chi connectivity index (χ0) is 28.4. The number of carboxylic acids is 1. The highest BCUT2D eigenvalue weighted by molar-refractivity contribution is 8.01. The molecule has 1 aliphatic rings. The van der Waals surface area contributed by atoms with Gasteiger partial charge >= 0.3 is 5.97 Å². The van der Waals surface area contributed by atoms with Crippen molar-refractivity contribution >= 4 is 67.4 Å². The molecular weight excluding hydrogens is 594 g/mol. The first-order valence-corrected chi connectivity index (χ1v) is 15.5. The molecule has 0 saturated carbocycles. The molecule has 0 spiro atoms. The number of benzene rings is 3. The highest BCUT2D eigenvalue weighted by Crippen LogP contribution is 2.46. The highest BCUT2D eigenvalue weighted by Gasteiger charge is 2.42. The zero-order valence-electron chi connectivity index (χ0n) is 20.9. The highest BCUT2D eigenvalue weighted by atomic mass is 35.5. The fourth-order valence-electron chi connectivity index (χ4n) is 4.17. The van der Waals surface area contributed by atoms with E-state index in [9.17, 15) is 23.1 Å². The number of amides is 1. The molecule has 3 aromatic carbocycles. The number of hydrogen-bond donors (Lipinski definition) is 2. The number of hydrogen-bond acceptors (Lipinski definition) is 8. The molecule has 2 N–H and O–H groups in total. The van der Waals surface area contributed by atoms with Gasteiger partial charge in [-0.15, -0.1) is 23.1 Å². The Labute approximate surface area is 243 Å². The van der Waals surface area contributed by atoms with E-state index in [1.807, 2.05) is 30.3 Å². The number of aromatic nitrogens is 1. The number of carbonyl (C=O) groups excluding carboxylic acids is 1. The summed E-state index contributed by atoms with van der Waals surface area (Å²) in [6.07, 6.45) is -0.262. The van der Waals surface area contributed by atoms with Crippen LogP contribution in [0.2, 0.25) is 5.02 Å². The fraction of sp³-hybridized carbons (Fsp3) is 0.148. The maximum Gasteiger partial charge on any atom is 0.305 e. The number of sulfonamides is 1. The molecule has 1 aliphatic heterocycles. The van der Waals surface area contributed by atoms with Crippen molar-refractivity contribution in [3.8, 4) is 17.0 Å². The van der Waals surface area contributed by atoms with E-state index in [1.165, 1.54) is 37.1 Å². The van der Waals surface area contributed by atoms with Crippen molar-refractivity contribution in [1.29, 1.82) is 0 Å². The minimum absolute atomic E-state index is 0.0165. The smallest absolute Gasteiger partial charge is 0.305 e. The lowest BCUT2D eigenvalue weighted by Gasteiger charge is -2.24. The van der Waals surface area contributed by atoms with Gasteiger partial charge in [0.05, 0.1) is 34.4 Å². The second kappa shape index (κ2) is 11.5. The minimum Gasteiger partial charge on any atom is -0.495 e. The molecule has 4 aromatic rings. The molecule has 206 valence electrons. The van der Waals surface area contributed by atoms with Crippen LogP contribution in [0.3, 0.4) is 0 Å². The SMILES string of the molecule is COc1cc(S(=O)(=O)Nc2nc(-c3ccc(N4C(=O)C(CC(=O)O)SC4c4ccccc4)cc3)cs2)ccc1Cl. The van der Waals surface area contributed by atoms with Crippen molar-refractivity contribution in [2.24, 2.45) is 0 Å². The number of aliphatic carboxylic acids is 1. The van der Waals surface area contributed by atoms with Crippen molar-refractivity contribution in [2.45, 2.75) is 21.9 Å². The van der Waals surface area contributed by atoms with Gasteiger partial charge < -0.3 is 9.84 Å². The molecule has 2 unspecified atom stereocenters. The second-order valence-electron chi connectivity index (χ2n) is 8.68. The van der Waals surface area contributed by atoms with E-state index in [1.54, 1.807) is 34.5 Å². The van der Waals surface area contributed by atoms with E-state index in [-0.39, 0.29) is 33.5 Å². The molecule has 13 heteroatoms. The summed E-state index contributed by atoms with van der Waals surface area (Å²) in [4.78, 5) is 30.6. The summed E-state index contributed by atoms with van der Waals surface area (Å²) in [6, 6.07) is 20.7. The summed E-state index contributed by atoms with van der Waals surface area (Å²) in [5.74, 6) is -1.05. The average Bonchev–Trinajstić information content (AvgIpc) is 3.53. The van der Waals surface area contributed by atoms with Crippen molar-refractivity contribution in [3.63, 3.8) is 0 Å². The molecule has 1 saturated heterocycles. The number of rotatable bonds is 9. The van der Waals surface area contributed by atoms with Gasteiger partial charge in [0.15, 0.2) is 5.13 Å². The number of carbonyl (C=O) groups is 2. The Morgan fingerprint density at radius 3 is 2.52 bits per heavy atom. The molecule has 9 nitrogen and oxygen atoms in total. The normalized spacial score (nSPS) is 17.1. The summed E-state index contributed by atoms with van der Waals surface area (Å²) < 4.78 is 33.3. The number of carboxylic acid groups (broad SMARTS) is 1. The number of nitrogens with one attached hydrogen (secondary N) is 1. The fourth-order valence-corrected chi connectivity index (χ4v) is 7.80. The maximum atomic E-state index is 13.2. The second-order valence-corrected chi connectivity index (χ2v) is 12.9. The van der Waals surface area contributed by atoms with Gasteiger partial charge in [-0.2, -0.15) is 0 Å². The third-order valence-corrected chi connectivity index (χ3v) is 10.1. The van der Waals surface area contributed by atoms with Gasteiger partial charge in [-0.3, -0.25) is 19.2 Å². The van der Waals surface area contributed by atoms with E-state index in [0.29, 0.717) is 16.4 Å². The first-order valence-electron chi connectivity index (χ1n) is 11.8. The quantitative estimate of drug-likeness (QED) is 0.239. The molecule has 1 amide bonds. The Bertz CT molecular complexity index is 1660. The monoisotopic (exact) mass is 615 g/mol. The Kier molecular flexibility index (Phi) is 8.04. The van der Waals surface area contributed by atoms with Crippen LogP contribution in [-0.4, -0.2) is 42.7 Å². The molecule has 0 aliphatic carbocycles.